The first-order chi connectivity index (χ1) is 12.8. The van der Waals surface area contributed by atoms with Crippen LogP contribution in [0.2, 0.25) is 0 Å². The summed E-state index contributed by atoms with van der Waals surface area (Å²) in [6.45, 7) is 4.49. The van der Waals surface area contributed by atoms with E-state index in [4.69, 9.17) is 9.47 Å². The van der Waals surface area contributed by atoms with Crippen molar-refractivity contribution in [1.82, 2.24) is 10.6 Å². The Hall–Kier alpha value is -1.35. The topological polar surface area (TPSA) is 93.7 Å². The molecule has 2 rings (SSSR count). The molecule has 160 valence electrons. The maximum atomic E-state index is 12.6. The molecule has 7 nitrogen and oxygen atoms in total. The third-order valence-corrected chi connectivity index (χ3v) is 7.02. The molecule has 0 saturated carbocycles. The van der Waals surface area contributed by atoms with E-state index in [1.54, 1.807) is 26.2 Å². The summed E-state index contributed by atoms with van der Waals surface area (Å²) < 4.78 is 35.5. The summed E-state index contributed by atoms with van der Waals surface area (Å²) in [6, 6.07) is 6.20. The van der Waals surface area contributed by atoms with Crippen LogP contribution in [0.5, 0.6) is 5.75 Å². The van der Waals surface area contributed by atoms with Gasteiger partial charge in [-0.1, -0.05) is 6.92 Å². The summed E-state index contributed by atoms with van der Waals surface area (Å²) in [6.07, 6.45) is 1.83. The quantitative estimate of drug-likeness (QED) is 0.614. The molecule has 1 aliphatic rings. The Balaban J connectivity index is 0.00000392. The van der Waals surface area contributed by atoms with Gasteiger partial charge in [-0.2, -0.15) is 0 Å². The second-order valence-electron chi connectivity index (χ2n) is 7.26. The third kappa shape index (κ3) is 6.62. The van der Waals surface area contributed by atoms with E-state index < -0.39 is 15.8 Å². The smallest absolute Gasteiger partial charge is 0.223 e. The highest BCUT2D eigenvalue weighted by Gasteiger charge is 2.33. The Morgan fingerprint density at radius 3 is 2.36 bits per heavy atom. The normalized spacial score (nSPS) is 17.2. The number of hydrogen-bond acceptors (Lipinski definition) is 6. The first-order valence-corrected chi connectivity index (χ1v) is 10.8. The van der Waals surface area contributed by atoms with Crippen LogP contribution in [0.4, 0.5) is 0 Å². The monoisotopic (exact) mass is 434 g/mol. The minimum Gasteiger partial charge on any atom is -0.497 e. The molecule has 1 aromatic carbocycles. The highest BCUT2D eigenvalue weighted by atomic mass is 35.5. The van der Waals surface area contributed by atoms with Crippen molar-refractivity contribution in [2.24, 2.45) is 11.3 Å². The van der Waals surface area contributed by atoms with Gasteiger partial charge in [0, 0.05) is 25.0 Å². The number of methoxy groups -OCH3 is 2. The fourth-order valence-corrected chi connectivity index (χ4v) is 4.92. The molecule has 1 aromatic rings. The van der Waals surface area contributed by atoms with Gasteiger partial charge in [0.15, 0.2) is 9.84 Å². The van der Waals surface area contributed by atoms with E-state index in [2.05, 4.69) is 10.6 Å². The number of piperidine rings is 1. The van der Waals surface area contributed by atoms with Gasteiger partial charge in [0.1, 0.15) is 5.75 Å². The van der Waals surface area contributed by atoms with Crippen molar-refractivity contribution >= 4 is 28.2 Å². The van der Waals surface area contributed by atoms with Gasteiger partial charge >= 0.3 is 0 Å². The zero-order valence-electron chi connectivity index (χ0n) is 16.7. The first kappa shape index (κ1) is 24.7. The number of carbonyl (C=O) groups is 1. The number of hydrogen-bond donors (Lipinski definition) is 2. The predicted molar refractivity (Wildman–Crippen MR) is 111 cm³/mol. The molecule has 2 N–H and O–H groups in total. The van der Waals surface area contributed by atoms with Crippen molar-refractivity contribution in [3.8, 4) is 5.75 Å². The summed E-state index contributed by atoms with van der Waals surface area (Å²) in [5.74, 6) is -0.533. The molecule has 1 amide bonds. The largest absolute Gasteiger partial charge is 0.497 e. The highest BCUT2D eigenvalue weighted by Crippen LogP contribution is 2.28. The van der Waals surface area contributed by atoms with Crippen LogP contribution in [0.3, 0.4) is 0 Å². The van der Waals surface area contributed by atoms with Crippen LogP contribution in [0.15, 0.2) is 29.2 Å². The molecule has 0 radical (unpaired) electrons. The predicted octanol–water partition coefficient (Wildman–Crippen LogP) is 1.66. The molecule has 1 saturated heterocycles. The van der Waals surface area contributed by atoms with Gasteiger partial charge in [-0.15, -0.1) is 12.4 Å². The van der Waals surface area contributed by atoms with E-state index in [9.17, 15) is 13.2 Å². The van der Waals surface area contributed by atoms with Crippen molar-refractivity contribution in [1.29, 1.82) is 0 Å². The van der Waals surface area contributed by atoms with Gasteiger partial charge in [-0.05, 0) is 50.2 Å². The molecule has 1 aliphatic heterocycles. The van der Waals surface area contributed by atoms with Crippen molar-refractivity contribution in [3.05, 3.63) is 24.3 Å². The Kier molecular flexibility index (Phi) is 9.69. The van der Waals surface area contributed by atoms with Crippen molar-refractivity contribution in [2.45, 2.75) is 24.7 Å². The fourth-order valence-electron chi connectivity index (χ4n) is 3.37. The molecule has 0 aliphatic carbocycles. The zero-order valence-corrected chi connectivity index (χ0v) is 18.3. The molecule has 1 heterocycles. The summed E-state index contributed by atoms with van der Waals surface area (Å²) >= 11 is 0. The summed E-state index contributed by atoms with van der Waals surface area (Å²) in [5.41, 5.74) is -0.0930. The minimum absolute atomic E-state index is 0. The molecule has 0 aromatic heterocycles. The number of carbonyl (C=O) groups excluding carboxylic acids is 1. The lowest BCUT2D eigenvalue weighted by Gasteiger charge is -2.37. The van der Waals surface area contributed by atoms with Gasteiger partial charge in [0.2, 0.25) is 5.91 Å². The Bertz CT molecular complexity index is 713. The van der Waals surface area contributed by atoms with Crippen LogP contribution >= 0.6 is 12.4 Å². The molecular weight excluding hydrogens is 404 g/mol. The van der Waals surface area contributed by atoms with E-state index in [0.29, 0.717) is 18.9 Å². The maximum Gasteiger partial charge on any atom is 0.223 e. The lowest BCUT2D eigenvalue weighted by molar-refractivity contribution is -0.124. The zero-order chi connectivity index (χ0) is 19.9. The van der Waals surface area contributed by atoms with Gasteiger partial charge in [0.05, 0.1) is 24.4 Å². The molecule has 28 heavy (non-hydrogen) atoms. The standard InChI is InChI=1S/C19H30N2O5S.ClH/c1-15(12-27(23,24)17-6-4-16(26-3)5-7-17)18(22)21-13-19(14-25-2)8-10-20-11-9-19;/h4-7,15,20H,8-14H2,1-3H3,(H,21,22);1H. The average molecular weight is 435 g/mol. The van der Waals surface area contributed by atoms with E-state index in [0.717, 1.165) is 25.9 Å². The van der Waals surface area contributed by atoms with Crippen LogP contribution < -0.4 is 15.4 Å². The second-order valence-corrected chi connectivity index (χ2v) is 9.29. The average Bonchev–Trinajstić information content (AvgIpc) is 2.67. The SMILES string of the molecule is COCC1(CNC(=O)C(C)CS(=O)(=O)c2ccc(OC)cc2)CCNCC1.Cl. The summed E-state index contributed by atoms with van der Waals surface area (Å²) in [7, 11) is -0.364. The maximum absolute atomic E-state index is 12.6. The van der Waals surface area contributed by atoms with E-state index in [-0.39, 0.29) is 34.4 Å². The number of nitrogens with one attached hydrogen (secondary N) is 2. The third-order valence-electron chi connectivity index (χ3n) is 5.09. The van der Waals surface area contributed by atoms with Crippen LogP contribution in [-0.2, 0) is 19.4 Å². The lowest BCUT2D eigenvalue weighted by atomic mass is 9.79. The van der Waals surface area contributed by atoms with Gasteiger partial charge in [-0.25, -0.2) is 8.42 Å². The number of benzene rings is 1. The van der Waals surface area contributed by atoms with Crippen LogP contribution in [-0.4, -0.2) is 60.5 Å². The Morgan fingerprint density at radius 1 is 1.21 bits per heavy atom. The van der Waals surface area contributed by atoms with Gasteiger partial charge < -0.3 is 20.1 Å². The molecule has 1 fully saturated rings. The Morgan fingerprint density at radius 2 is 1.82 bits per heavy atom. The van der Waals surface area contributed by atoms with Crippen LogP contribution in [0, 0.1) is 11.3 Å². The lowest BCUT2D eigenvalue weighted by Crippen LogP contribution is -2.48. The van der Waals surface area contributed by atoms with Gasteiger partial charge in [-0.3, -0.25) is 4.79 Å². The summed E-state index contributed by atoms with van der Waals surface area (Å²) in [4.78, 5) is 12.7. The minimum atomic E-state index is -3.55. The van der Waals surface area contributed by atoms with E-state index >= 15 is 0 Å². The molecule has 1 unspecified atom stereocenters. The fraction of sp³-hybridized carbons (Fsp3) is 0.632. The summed E-state index contributed by atoms with van der Waals surface area (Å²) in [5, 5.41) is 6.25. The van der Waals surface area contributed by atoms with Crippen molar-refractivity contribution in [2.75, 3.05) is 46.2 Å². The van der Waals surface area contributed by atoms with Crippen molar-refractivity contribution < 1.29 is 22.7 Å². The Labute approximate surface area is 173 Å². The number of amides is 1. The molecule has 0 bridgehead atoms. The second kappa shape index (κ2) is 11.0. The highest BCUT2D eigenvalue weighted by molar-refractivity contribution is 7.91. The van der Waals surface area contributed by atoms with Gasteiger partial charge in [0.25, 0.3) is 0 Å². The first-order valence-electron chi connectivity index (χ1n) is 9.16. The van der Waals surface area contributed by atoms with Crippen molar-refractivity contribution in [3.63, 3.8) is 0 Å². The number of sulfone groups is 1. The van der Waals surface area contributed by atoms with E-state index in [1.165, 1.54) is 19.2 Å². The van der Waals surface area contributed by atoms with Crippen LogP contribution in [0.1, 0.15) is 19.8 Å². The number of rotatable bonds is 9. The number of ether oxygens (including phenoxy) is 2. The molecule has 9 heteroatoms. The number of halogens is 1. The van der Waals surface area contributed by atoms with Crippen LogP contribution in [0.25, 0.3) is 0 Å². The molecular formula is C19H31ClN2O5S. The van der Waals surface area contributed by atoms with E-state index in [1.807, 2.05) is 0 Å². The molecule has 1 atom stereocenters. The molecule has 0 spiro atoms.